The third-order valence-corrected chi connectivity index (χ3v) is 7.57. The molecule has 168 valence electrons. The highest BCUT2D eigenvalue weighted by molar-refractivity contribution is 7.89. The number of halogens is 1. The fourth-order valence-electron chi connectivity index (χ4n) is 3.51. The molecule has 0 atom stereocenters. The highest BCUT2D eigenvalue weighted by atomic mass is 35.5. The highest BCUT2D eigenvalue weighted by Gasteiger charge is 2.29. The van der Waals surface area contributed by atoms with Gasteiger partial charge in [0.05, 0.1) is 18.6 Å². The van der Waals surface area contributed by atoms with E-state index >= 15 is 0 Å². The molecule has 0 bridgehead atoms. The van der Waals surface area contributed by atoms with Gasteiger partial charge in [0, 0.05) is 50.4 Å². The Hall–Kier alpha value is -2.13. The van der Waals surface area contributed by atoms with Crippen LogP contribution in [-0.2, 0) is 21.4 Å². The SMILES string of the molecule is COc1ccc(Cl)cc1CN(C)C(=O)CN1CCN(S(=O)(=O)c2ccc(C)cc2)CC1. The maximum Gasteiger partial charge on any atom is 0.243 e. The zero-order chi connectivity index (χ0) is 22.6. The number of aryl methyl sites for hydroxylation is 1. The molecule has 7 nitrogen and oxygen atoms in total. The molecule has 0 aliphatic carbocycles. The molecule has 1 saturated heterocycles. The van der Waals surface area contributed by atoms with Crippen LogP contribution in [0.5, 0.6) is 5.75 Å². The minimum atomic E-state index is -3.51. The lowest BCUT2D eigenvalue weighted by Gasteiger charge is -2.34. The first-order valence-electron chi connectivity index (χ1n) is 10.1. The zero-order valence-corrected chi connectivity index (χ0v) is 19.6. The van der Waals surface area contributed by atoms with Gasteiger partial charge in [0.25, 0.3) is 0 Å². The number of carbonyl (C=O) groups is 1. The van der Waals surface area contributed by atoms with E-state index in [1.165, 1.54) is 4.31 Å². The molecule has 31 heavy (non-hydrogen) atoms. The first-order valence-corrected chi connectivity index (χ1v) is 11.9. The molecule has 0 aromatic heterocycles. The smallest absolute Gasteiger partial charge is 0.243 e. The second kappa shape index (κ2) is 9.99. The van der Waals surface area contributed by atoms with Gasteiger partial charge in [0.1, 0.15) is 5.75 Å². The summed E-state index contributed by atoms with van der Waals surface area (Å²) in [5.74, 6) is 0.635. The number of carbonyl (C=O) groups excluding carboxylic acids is 1. The van der Waals surface area contributed by atoms with E-state index < -0.39 is 10.0 Å². The van der Waals surface area contributed by atoms with Gasteiger partial charge in [-0.05, 0) is 37.3 Å². The van der Waals surface area contributed by atoms with Crippen LogP contribution in [0.25, 0.3) is 0 Å². The number of sulfonamides is 1. The van der Waals surface area contributed by atoms with E-state index in [1.807, 2.05) is 11.8 Å². The van der Waals surface area contributed by atoms with Crippen molar-refractivity contribution in [3.63, 3.8) is 0 Å². The predicted molar refractivity (Wildman–Crippen MR) is 121 cm³/mol. The van der Waals surface area contributed by atoms with E-state index in [1.54, 1.807) is 61.5 Å². The number of rotatable bonds is 7. The average molecular weight is 466 g/mol. The van der Waals surface area contributed by atoms with Crippen LogP contribution in [0.15, 0.2) is 47.4 Å². The van der Waals surface area contributed by atoms with Crippen LogP contribution in [0.1, 0.15) is 11.1 Å². The molecule has 0 radical (unpaired) electrons. The Labute approximate surface area is 189 Å². The van der Waals surface area contributed by atoms with Gasteiger partial charge in [-0.1, -0.05) is 29.3 Å². The number of methoxy groups -OCH3 is 1. The summed E-state index contributed by atoms with van der Waals surface area (Å²) >= 11 is 6.07. The molecule has 0 N–H and O–H groups in total. The van der Waals surface area contributed by atoms with Gasteiger partial charge in [-0.3, -0.25) is 9.69 Å². The minimum Gasteiger partial charge on any atom is -0.496 e. The molecule has 0 saturated carbocycles. The lowest BCUT2D eigenvalue weighted by Crippen LogP contribution is -2.51. The Bertz CT molecular complexity index is 1020. The molecule has 1 fully saturated rings. The lowest BCUT2D eigenvalue weighted by atomic mass is 10.2. The Kier molecular flexibility index (Phi) is 7.59. The molecular weight excluding hydrogens is 438 g/mol. The molecular formula is C22H28ClN3O4S. The van der Waals surface area contributed by atoms with Crippen molar-refractivity contribution in [1.29, 1.82) is 0 Å². The predicted octanol–water partition coefficient (Wildman–Crippen LogP) is 2.62. The molecule has 0 spiro atoms. The Balaban J connectivity index is 1.55. The number of nitrogens with zero attached hydrogens (tertiary/aromatic N) is 3. The number of hydrogen-bond donors (Lipinski definition) is 0. The molecule has 1 aliphatic heterocycles. The van der Waals surface area contributed by atoms with Crippen molar-refractivity contribution in [3.8, 4) is 5.75 Å². The second-order valence-corrected chi connectivity index (χ2v) is 10.1. The molecule has 3 rings (SSSR count). The lowest BCUT2D eigenvalue weighted by molar-refractivity contribution is -0.131. The fourth-order valence-corrected chi connectivity index (χ4v) is 5.13. The number of hydrogen-bond acceptors (Lipinski definition) is 5. The normalized spacial score (nSPS) is 15.6. The monoisotopic (exact) mass is 465 g/mol. The van der Waals surface area contributed by atoms with E-state index in [-0.39, 0.29) is 12.5 Å². The Morgan fingerprint density at radius 1 is 1.10 bits per heavy atom. The van der Waals surface area contributed by atoms with Gasteiger partial charge in [-0.25, -0.2) is 8.42 Å². The van der Waals surface area contributed by atoms with Crippen molar-refractivity contribution in [2.75, 3.05) is 46.9 Å². The summed E-state index contributed by atoms with van der Waals surface area (Å²) in [6, 6.07) is 12.2. The standard InChI is InChI=1S/C22H28ClN3O4S/c1-17-4-7-20(8-5-17)31(28,29)26-12-10-25(11-13-26)16-22(27)24(2)15-18-14-19(23)6-9-21(18)30-3/h4-9,14H,10-13,15-16H2,1-3H3. The summed E-state index contributed by atoms with van der Waals surface area (Å²) in [5.41, 5.74) is 1.85. The highest BCUT2D eigenvalue weighted by Crippen LogP contribution is 2.24. The van der Waals surface area contributed by atoms with Crippen LogP contribution in [0.4, 0.5) is 0 Å². The number of likely N-dealkylation sites (N-methyl/N-ethyl adjacent to an activating group) is 1. The average Bonchev–Trinajstić information content (AvgIpc) is 2.74. The summed E-state index contributed by atoms with van der Waals surface area (Å²) in [5, 5.41) is 0.586. The minimum absolute atomic E-state index is 0.0446. The van der Waals surface area contributed by atoms with E-state index in [9.17, 15) is 13.2 Å². The first kappa shape index (κ1) is 23.5. The fraction of sp³-hybridized carbons (Fsp3) is 0.409. The van der Waals surface area contributed by atoms with Crippen LogP contribution < -0.4 is 4.74 Å². The molecule has 1 heterocycles. The van der Waals surface area contributed by atoms with Crippen LogP contribution in [0, 0.1) is 6.92 Å². The summed E-state index contributed by atoms with van der Waals surface area (Å²) in [4.78, 5) is 16.6. The van der Waals surface area contributed by atoms with Crippen LogP contribution >= 0.6 is 11.6 Å². The number of benzene rings is 2. The third-order valence-electron chi connectivity index (χ3n) is 5.42. The van der Waals surface area contributed by atoms with Crippen LogP contribution in [0.2, 0.25) is 5.02 Å². The van der Waals surface area contributed by atoms with Crippen molar-refractivity contribution in [2.24, 2.45) is 0 Å². The van der Waals surface area contributed by atoms with Gasteiger partial charge in [0.15, 0.2) is 0 Å². The van der Waals surface area contributed by atoms with Gasteiger partial charge in [0.2, 0.25) is 15.9 Å². The van der Waals surface area contributed by atoms with Crippen LogP contribution in [0.3, 0.4) is 0 Å². The van der Waals surface area contributed by atoms with E-state index in [2.05, 4.69) is 0 Å². The topological polar surface area (TPSA) is 70.2 Å². The maximum absolute atomic E-state index is 12.8. The largest absolute Gasteiger partial charge is 0.496 e. The van der Waals surface area contributed by atoms with Crippen molar-refractivity contribution in [2.45, 2.75) is 18.4 Å². The van der Waals surface area contributed by atoms with Crippen molar-refractivity contribution >= 4 is 27.5 Å². The van der Waals surface area contributed by atoms with E-state index in [0.717, 1.165) is 11.1 Å². The Morgan fingerprint density at radius 2 is 1.74 bits per heavy atom. The van der Waals surface area contributed by atoms with Gasteiger partial charge in [-0.2, -0.15) is 4.31 Å². The molecule has 2 aromatic carbocycles. The second-order valence-electron chi connectivity index (χ2n) is 7.70. The summed E-state index contributed by atoms with van der Waals surface area (Å²) in [6.07, 6.45) is 0. The molecule has 1 amide bonds. The van der Waals surface area contributed by atoms with E-state index in [0.29, 0.717) is 48.4 Å². The quantitative estimate of drug-likeness (QED) is 0.628. The maximum atomic E-state index is 12.8. The van der Waals surface area contributed by atoms with Crippen LogP contribution in [-0.4, -0.2) is 75.3 Å². The molecule has 1 aliphatic rings. The third kappa shape index (κ3) is 5.77. The van der Waals surface area contributed by atoms with Gasteiger partial charge < -0.3 is 9.64 Å². The summed E-state index contributed by atoms with van der Waals surface area (Å²) in [6.45, 7) is 4.26. The number of piperazine rings is 1. The summed E-state index contributed by atoms with van der Waals surface area (Å²) < 4.78 is 32.5. The molecule has 2 aromatic rings. The zero-order valence-electron chi connectivity index (χ0n) is 18.0. The summed E-state index contributed by atoms with van der Waals surface area (Å²) in [7, 11) is -0.196. The first-order chi connectivity index (χ1) is 14.7. The van der Waals surface area contributed by atoms with Crippen molar-refractivity contribution in [1.82, 2.24) is 14.1 Å². The Morgan fingerprint density at radius 3 is 2.35 bits per heavy atom. The van der Waals surface area contributed by atoms with E-state index in [4.69, 9.17) is 16.3 Å². The van der Waals surface area contributed by atoms with Gasteiger partial charge in [-0.15, -0.1) is 0 Å². The number of amides is 1. The molecule has 0 unspecified atom stereocenters. The van der Waals surface area contributed by atoms with Crippen molar-refractivity contribution in [3.05, 3.63) is 58.6 Å². The van der Waals surface area contributed by atoms with Gasteiger partial charge >= 0.3 is 0 Å². The number of ether oxygens (including phenoxy) is 1. The molecule has 9 heteroatoms. The van der Waals surface area contributed by atoms with Crippen molar-refractivity contribution < 1.29 is 17.9 Å².